The molecule has 0 saturated heterocycles. The van der Waals surface area contributed by atoms with Gasteiger partial charge < -0.3 is 15.2 Å². The molecule has 8 heteroatoms. The van der Waals surface area contributed by atoms with E-state index in [1.165, 1.54) is 30.0 Å². The molecule has 0 unspecified atom stereocenters. The fraction of sp³-hybridized carbons (Fsp3) is 0.167. The zero-order valence-corrected chi connectivity index (χ0v) is 14.5. The summed E-state index contributed by atoms with van der Waals surface area (Å²) in [6, 6.07) is 10.8. The summed E-state index contributed by atoms with van der Waals surface area (Å²) in [7, 11) is 0. The minimum Gasteiger partial charge on any atom is -0.507 e. The smallest absolute Gasteiger partial charge is 0.342 e. The molecule has 134 valence electrons. The van der Waals surface area contributed by atoms with Crippen LogP contribution in [0.15, 0.2) is 42.5 Å². The Morgan fingerprint density at radius 1 is 1.27 bits per heavy atom. The van der Waals surface area contributed by atoms with Crippen LogP contribution in [0.2, 0.25) is 5.02 Å². The number of nitrogens with one attached hydrogen (secondary N) is 1. The third-order valence-corrected chi connectivity index (χ3v) is 4.08. The molecule has 2 N–H and O–H groups in total. The molecule has 2 aromatic carbocycles. The third kappa shape index (κ3) is 3.48. The summed E-state index contributed by atoms with van der Waals surface area (Å²) in [6.07, 6.45) is -1.16. The van der Waals surface area contributed by atoms with Crippen molar-refractivity contribution in [1.82, 2.24) is 0 Å². The van der Waals surface area contributed by atoms with E-state index in [1.54, 1.807) is 24.3 Å². The zero-order chi connectivity index (χ0) is 18.8. The van der Waals surface area contributed by atoms with E-state index in [4.69, 9.17) is 16.3 Å². The first-order valence-electron chi connectivity index (χ1n) is 7.76. The highest BCUT2D eigenvalue weighted by molar-refractivity contribution is 6.30. The largest absolute Gasteiger partial charge is 0.507 e. The van der Waals surface area contributed by atoms with Gasteiger partial charge in [-0.25, -0.2) is 4.79 Å². The Balaban J connectivity index is 1.78. The highest BCUT2D eigenvalue weighted by Gasteiger charge is 2.31. The lowest BCUT2D eigenvalue weighted by Gasteiger charge is -2.30. The van der Waals surface area contributed by atoms with Crippen LogP contribution < -0.4 is 10.2 Å². The number of benzene rings is 2. The van der Waals surface area contributed by atoms with Crippen LogP contribution >= 0.6 is 11.6 Å². The summed E-state index contributed by atoms with van der Waals surface area (Å²) in [4.78, 5) is 38.0. The molecular weight excluding hydrogens is 360 g/mol. The van der Waals surface area contributed by atoms with Crippen LogP contribution in [0, 0.1) is 0 Å². The second-order valence-corrected chi connectivity index (χ2v) is 6.14. The van der Waals surface area contributed by atoms with Crippen molar-refractivity contribution in [1.29, 1.82) is 0 Å². The average molecular weight is 375 g/mol. The van der Waals surface area contributed by atoms with Crippen molar-refractivity contribution in [3.63, 3.8) is 0 Å². The monoisotopic (exact) mass is 374 g/mol. The maximum atomic E-state index is 12.7. The molecule has 1 aliphatic heterocycles. The van der Waals surface area contributed by atoms with Crippen molar-refractivity contribution in [2.24, 2.45) is 0 Å². The number of ether oxygens (including phenoxy) is 1. The molecular formula is C18H15ClN2O5. The molecule has 1 heterocycles. The number of rotatable bonds is 3. The number of hydrogen-bond donors (Lipinski definition) is 2. The Morgan fingerprint density at radius 3 is 2.73 bits per heavy atom. The van der Waals surface area contributed by atoms with Crippen LogP contribution in [0.3, 0.4) is 0 Å². The van der Waals surface area contributed by atoms with E-state index in [2.05, 4.69) is 5.32 Å². The summed E-state index contributed by atoms with van der Waals surface area (Å²) < 4.78 is 5.16. The topological polar surface area (TPSA) is 95.9 Å². The molecule has 3 rings (SSSR count). The average Bonchev–Trinajstić information content (AvgIpc) is 2.60. The molecule has 0 saturated carbocycles. The highest BCUT2D eigenvalue weighted by Crippen LogP contribution is 2.30. The van der Waals surface area contributed by atoms with Crippen molar-refractivity contribution in [3.8, 4) is 5.75 Å². The second kappa shape index (κ2) is 7.05. The van der Waals surface area contributed by atoms with Gasteiger partial charge in [0.15, 0.2) is 6.10 Å². The number of carbonyl (C=O) groups excluding carboxylic acids is 3. The lowest BCUT2D eigenvalue weighted by Crippen LogP contribution is -2.47. The van der Waals surface area contributed by atoms with E-state index in [0.717, 1.165) is 0 Å². The normalized spacial score (nSPS) is 14.2. The molecule has 0 fully saturated rings. The summed E-state index contributed by atoms with van der Waals surface area (Å²) in [5, 5.41) is 12.7. The maximum Gasteiger partial charge on any atom is 0.342 e. The van der Waals surface area contributed by atoms with Gasteiger partial charge in [0, 0.05) is 5.02 Å². The first-order chi connectivity index (χ1) is 12.4. The Morgan fingerprint density at radius 2 is 2.00 bits per heavy atom. The second-order valence-electron chi connectivity index (χ2n) is 5.70. The number of esters is 1. The molecule has 1 aliphatic rings. The Bertz CT molecular complexity index is 899. The van der Waals surface area contributed by atoms with Crippen LogP contribution in [0.25, 0.3) is 0 Å². The van der Waals surface area contributed by atoms with Crippen molar-refractivity contribution in [2.45, 2.75) is 13.0 Å². The number of amides is 2. The number of hydrogen-bond acceptors (Lipinski definition) is 5. The van der Waals surface area contributed by atoms with Gasteiger partial charge in [-0.3, -0.25) is 14.5 Å². The Labute approximate surface area is 154 Å². The predicted octanol–water partition coefficient (Wildman–Crippen LogP) is 2.58. The van der Waals surface area contributed by atoms with E-state index >= 15 is 0 Å². The van der Waals surface area contributed by atoms with Crippen LogP contribution in [0.4, 0.5) is 11.4 Å². The molecule has 2 amide bonds. The highest BCUT2D eigenvalue weighted by atomic mass is 35.5. The summed E-state index contributed by atoms with van der Waals surface area (Å²) in [6.45, 7) is 1.23. The van der Waals surface area contributed by atoms with Crippen LogP contribution in [-0.4, -0.2) is 35.5 Å². The van der Waals surface area contributed by atoms with E-state index in [-0.39, 0.29) is 28.8 Å². The van der Waals surface area contributed by atoms with Gasteiger partial charge in [-0.05, 0) is 37.3 Å². The van der Waals surface area contributed by atoms with E-state index < -0.39 is 18.0 Å². The fourth-order valence-corrected chi connectivity index (χ4v) is 2.77. The van der Waals surface area contributed by atoms with Crippen LogP contribution in [-0.2, 0) is 14.3 Å². The number of nitrogens with zero attached hydrogens (tertiary/aromatic N) is 1. The third-order valence-electron chi connectivity index (χ3n) is 3.85. The standard InChI is InChI=1S/C18H15ClN2O5/c1-10(26-18(25)12-7-6-11(19)8-15(12)22)17(24)21-9-16(23)20-13-4-2-3-5-14(13)21/h2-8,10,22H,9H2,1H3,(H,20,23)/t10-/m1/s1. The van der Waals surface area contributed by atoms with Gasteiger partial charge in [0.1, 0.15) is 17.9 Å². The molecule has 0 bridgehead atoms. The first-order valence-corrected chi connectivity index (χ1v) is 8.14. The molecule has 0 aliphatic carbocycles. The van der Waals surface area contributed by atoms with E-state index in [0.29, 0.717) is 11.4 Å². The van der Waals surface area contributed by atoms with Crippen molar-refractivity contribution in [3.05, 3.63) is 53.1 Å². The van der Waals surface area contributed by atoms with Gasteiger partial charge in [0.2, 0.25) is 5.91 Å². The van der Waals surface area contributed by atoms with Crippen molar-refractivity contribution < 1.29 is 24.2 Å². The summed E-state index contributed by atoms with van der Waals surface area (Å²) in [5.41, 5.74) is 0.922. The summed E-state index contributed by atoms with van der Waals surface area (Å²) in [5.74, 6) is -2.10. The van der Waals surface area contributed by atoms with E-state index in [1.807, 2.05) is 0 Å². The van der Waals surface area contributed by atoms with Gasteiger partial charge in [0.05, 0.1) is 11.4 Å². The number of anilines is 2. The number of fused-ring (bicyclic) bond motifs is 1. The molecule has 0 spiro atoms. The van der Waals surface area contributed by atoms with Gasteiger partial charge in [-0.2, -0.15) is 0 Å². The number of carbonyl (C=O) groups is 3. The molecule has 7 nitrogen and oxygen atoms in total. The lowest BCUT2D eigenvalue weighted by molar-refractivity contribution is -0.128. The van der Waals surface area contributed by atoms with Gasteiger partial charge in [0.25, 0.3) is 5.91 Å². The summed E-state index contributed by atoms with van der Waals surface area (Å²) >= 11 is 5.73. The van der Waals surface area contributed by atoms with Gasteiger partial charge in [-0.15, -0.1) is 0 Å². The number of para-hydroxylation sites is 2. The Hall–Kier alpha value is -3.06. The quantitative estimate of drug-likeness (QED) is 0.805. The minimum absolute atomic E-state index is 0.106. The molecule has 0 radical (unpaired) electrons. The first kappa shape index (κ1) is 17.8. The molecule has 1 atom stereocenters. The molecule has 26 heavy (non-hydrogen) atoms. The van der Waals surface area contributed by atoms with Crippen LogP contribution in [0.5, 0.6) is 5.75 Å². The maximum absolute atomic E-state index is 12.7. The number of aromatic hydroxyl groups is 1. The predicted molar refractivity (Wildman–Crippen MR) is 95.4 cm³/mol. The number of phenols is 1. The van der Waals surface area contributed by atoms with Gasteiger partial charge in [-0.1, -0.05) is 23.7 Å². The molecule has 0 aromatic heterocycles. The van der Waals surface area contributed by atoms with Crippen molar-refractivity contribution in [2.75, 3.05) is 16.8 Å². The van der Waals surface area contributed by atoms with E-state index in [9.17, 15) is 19.5 Å². The fourth-order valence-electron chi connectivity index (χ4n) is 2.60. The zero-order valence-electron chi connectivity index (χ0n) is 13.7. The SMILES string of the molecule is C[C@@H](OC(=O)c1ccc(Cl)cc1O)C(=O)N1CC(=O)Nc2ccccc21. The number of phenolic OH excluding ortho intramolecular Hbond substituents is 1. The van der Waals surface area contributed by atoms with Crippen LogP contribution in [0.1, 0.15) is 17.3 Å². The van der Waals surface area contributed by atoms with Gasteiger partial charge >= 0.3 is 5.97 Å². The molecule has 2 aromatic rings. The Kier molecular flexibility index (Phi) is 4.81. The number of halogens is 1. The lowest BCUT2D eigenvalue weighted by atomic mass is 10.1. The van der Waals surface area contributed by atoms with Crippen molar-refractivity contribution >= 4 is 40.8 Å². The minimum atomic E-state index is -1.16.